The Kier molecular flexibility index (Phi) is 2.51. The Hall–Kier alpha value is -0.850. The van der Waals surface area contributed by atoms with Crippen molar-refractivity contribution in [1.82, 2.24) is 0 Å². The molecule has 3 heteroatoms. The number of rotatable bonds is 2. The Balaban J connectivity index is 2.94. The van der Waals surface area contributed by atoms with Gasteiger partial charge in [0.1, 0.15) is 6.07 Å². The molecule has 1 unspecified atom stereocenters. The molecule has 0 spiro atoms. The van der Waals surface area contributed by atoms with Gasteiger partial charge < -0.3 is 4.48 Å². The summed E-state index contributed by atoms with van der Waals surface area (Å²) in [5.74, 6) is 0. The summed E-state index contributed by atoms with van der Waals surface area (Å²) in [5.41, 5.74) is 0. The standard InChI is InChI=1S/C9H13N2S/c1-11(2,3)8(7-10)9-5-4-6-12-9/h4-6,8H,1-3H3/q+1. The highest BCUT2D eigenvalue weighted by atomic mass is 32.1. The molecule has 0 N–H and O–H groups in total. The molecule has 1 aromatic heterocycles. The normalized spacial score (nSPS) is 13.8. The largest absolute Gasteiger partial charge is 0.312 e. The van der Waals surface area contributed by atoms with Gasteiger partial charge in [0.2, 0.25) is 6.04 Å². The van der Waals surface area contributed by atoms with E-state index in [2.05, 4.69) is 6.07 Å². The van der Waals surface area contributed by atoms with Crippen LogP contribution in [0.3, 0.4) is 0 Å². The number of quaternary nitrogens is 1. The minimum absolute atomic E-state index is 0.0370. The molecule has 1 heterocycles. The SMILES string of the molecule is C[N+](C)(C)C(C#N)c1cccs1. The van der Waals surface area contributed by atoms with Crippen LogP contribution in [0.15, 0.2) is 17.5 Å². The number of thiophene rings is 1. The van der Waals surface area contributed by atoms with E-state index in [4.69, 9.17) is 5.26 Å². The fourth-order valence-electron chi connectivity index (χ4n) is 1.07. The van der Waals surface area contributed by atoms with Crippen molar-refractivity contribution >= 4 is 11.3 Å². The lowest BCUT2D eigenvalue weighted by molar-refractivity contribution is -0.893. The smallest absolute Gasteiger partial charge is 0.210 e. The molecule has 0 aliphatic carbocycles. The quantitative estimate of drug-likeness (QED) is 0.640. The lowest BCUT2D eigenvalue weighted by Crippen LogP contribution is -2.37. The van der Waals surface area contributed by atoms with Gasteiger partial charge in [0.05, 0.1) is 26.0 Å². The van der Waals surface area contributed by atoms with Gasteiger partial charge >= 0.3 is 0 Å². The molecule has 0 saturated heterocycles. The summed E-state index contributed by atoms with van der Waals surface area (Å²) >= 11 is 1.64. The maximum Gasteiger partial charge on any atom is 0.210 e. The van der Waals surface area contributed by atoms with E-state index in [1.54, 1.807) is 11.3 Å². The molecule has 0 amide bonds. The van der Waals surface area contributed by atoms with Gasteiger partial charge in [0.15, 0.2) is 0 Å². The molecule has 64 valence electrons. The van der Waals surface area contributed by atoms with Crippen molar-refractivity contribution in [3.8, 4) is 6.07 Å². The Morgan fingerprint density at radius 2 is 2.17 bits per heavy atom. The molecule has 12 heavy (non-hydrogen) atoms. The summed E-state index contributed by atoms with van der Waals surface area (Å²) in [4.78, 5) is 1.14. The zero-order valence-corrected chi connectivity index (χ0v) is 8.43. The van der Waals surface area contributed by atoms with Crippen LogP contribution in [0.1, 0.15) is 10.9 Å². The van der Waals surface area contributed by atoms with Gasteiger partial charge in [-0.15, -0.1) is 11.3 Å². The van der Waals surface area contributed by atoms with E-state index in [-0.39, 0.29) is 6.04 Å². The molecule has 0 bridgehead atoms. The Morgan fingerprint density at radius 3 is 2.50 bits per heavy atom. The molecule has 0 aromatic carbocycles. The fraction of sp³-hybridized carbons (Fsp3) is 0.444. The zero-order chi connectivity index (χ0) is 9.19. The van der Waals surface area contributed by atoms with Crippen molar-refractivity contribution in [3.05, 3.63) is 22.4 Å². The summed E-state index contributed by atoms with van der Waals surface area (Å²) in [7, 11) is 6.11. The van der Waals surface area contributed by atoms with Crippen LogP contribution >= 0.6 is 11.3 Å². The van der Waals surface area contributed by atoms with E-state index < -0.39 is 0 Å². The predicted molar refractivity (Wildman–Crippen MR) is 50.7 cm³/mol. The first-order chi connectivity index (χ1) is 5.55. The Bertz CT molecular complexity index is 276. The van der Waals surface area contributed by atoms with Crippen LogP contribution in [-0.2, 0) is 0 Å². The maximum absolute atomic E-state index is 8.97. The van der Waals surface area contributed by atoms with Crippen LogP contribution in [0.4, 0.5) is 0 Å². The molecule has 0 aliphatic rings. The minimum Gasteiger partial charge on any atom is -0.312 e. The van der Waals surface area contributed by atoms with Gasteiger partial charge in [0, 0.05) is 0 Å². The highest BCUT2D eigenvalue weighted by Crippen LogP contribution is 2.25. The summed E-state index contributed by atoms with van der Waals surface area (Å²) < 4.78 is 0.664. The van der Waals surface area contributed by atoms with Crippen molar-refractivity contribution < 1.29 is 4.48 Å². The third-order valence-corrected chi connectivity index (χ3v) is 2.63. The lowest BCUT2D eigenvalue weighted by atomic mass is 10.2. The van der Waals surface area contributed by atoms with Crippen LogP contribution in [0.2, 0.25) is 0 Å². The van der Waals surface area contributed by atoms with Crippen LogP contribution in [0.5, 0.6) is 0 Å². The number of nitrogens with zero attached hydrogens (tertiary/aromatic N) is 2. The first kappa shape index (κ1) is 9.24. The number of nitriles is 1. The van der Waals surface area contributed by atoms with Crippen LogP contribution in [-0.4, -0.2) is 25.6 Å². The van der Waals surface area contributed by atoms with E-state index in [1.165, 1.54) is 0 Å². The van der Waals surface area contributed by atoms with Gasteiger partial charge in [-0.3, -0.25) is 0 Å². The second kappa shape index (κ2) is 3.26. The van der Waals surface area contributed by atoms with E-state index in [0.717, 1.165) is 4.88 Å². The van der Waals surface area contributed by atoms with Gasteiger partial charge in [-0.1, -0.05) is 6.07 Å². The minimum atomic E-state index is -0.0370. The lowest BCUT2D eigenvalue weighted by Gasteiger charge is -2.28. The van der Waals surface area contributed by atoms with Gasteiger partial charge in [-0.05, 0) is 11.4 Å². The van der Waals surface area contributed by atoms with Crippen LogP contribution in [0.25, 0.3) is 0 Å². The third kappa shape index (κ3) is 1.84. The van der Waals surface area contributed by atoms with Crippen molar-refractivity contribution in [2.75, 3.05) is 21.1 Å². The molecule has 0 saturated carbocycles. The molecular formula is C9H13N2S+. The average Bonchev–Trinajstić information content (AvgIpc) is 2.38. The highest BCUT2D eigenvalue weighted by molar-refractivity contribution is 7.10. The average molecular weight is 181 g/mol. The third-order valence-electron chi connectivity index (χ3n) is 1.71. The predicted octanol–water partition coefficient (Wildman–Crippen LogP) is 2.02. The summed E-state index contributed by atoms with van der Waals surface area (Å²) in [6.45, 7) is 0. The van der Waals surface area contributed by atoms with E-state index >= 15 is 0 Å². The Labute approximate surface area is 77.3 Å². The summed E-state index contributed by atoms with van der Waals surface area (Å²) in [5, 5.41) is 11.0. The van der Waals surface area contributed by atoms with Crippen molar-refractivity contribution in [3.63, 3.8) is 0 Å². The van der Waals surface area contributed by atoms with E-state index in [9.17, 15) is 0 Å². The highest BCUT2D eigenvalue weighted by Gasteiger charge is 2.25. The summed E-state index contributed by atoms with van der Waals surface area (Å²) in [6, 6.07) is 6.29. The topological polar surface area (TPSA) is 23.8 Å². The molecule has 1 aromatic rings. The first-order valence-corrected chi connectivity index (χ1v) is 4.68. The fourth-order valence-corrected chi connectivity index (χ4v) is 2.03. The molecular weight excluding hydrogens is 168 g/mol. The molecule has 0 aliphatic heterocycles. The van der Waals surface area contributed by atoms with Crippen LogP contribution in [0, 0.1) is 11.3 Å². The molecule has 1 rings (SSSR count). The second-order valence-electron chi connectivity index (χ2n) is 3.66. The molecule has 0 radical (unpaired) electrons. The van der Waals surface area contributed by atoms with Crippen LogP contribution < -0.4 is 0 Å². The van der Waals surface area contributed by atoms with Gasteiger partial charge in [-0.25, -0.2) is 0 Å². The van der Waals surface area contributed by atoms with Crippen molar-refractivity contribution in [2.24, 2.45) is 0 Å². The summed E-state index contributed by atoms with van der Waals surface area (Å²) in [6.07, 6.45) is 0. The van der Waals surface area contributed by atoms with Crippen molar-refractivity contribution in [1.29, 1.82) is 5.26 Å². The molecule has 1 atom stereocenters. The zero-order valence-electron chi connectivity index (χ0n) is 7.61. The number of hydrogen-bond donors (Lipinski definition) is 0. The molecule has 2 nitrogen and oxygen atoms in total. The van der Waals surface area contributed by atoms with E-state index in [1.807, 2.05) is 38.7 Å². The first-order valence-electron chi connectivity index (χ1n) is 3.80. The van der Waals surface area contributed by atoms with Gasteiger partial charge in [-0.2, -0.15) is 5.26 Å². The Morgan fingerprint density at radius 1 is 1.50 bits per heavy atom. The van der Waals surface area contributed by atoms with Gasteiger partial charge in [0.25, 0.3) is 0 Å². The number of hydrogen-bond acceptors (Lipinski definition) is 2. The molecule has 0 fully saturated rings. The maximum atomic E-state index is 8.97. The second-order valence-corrected chi connectivity index (χ2v) is 4.64. The monoisotopic (exact) mass is 181 g/mol. The van der Waals surface area contributed by atoms with Crippen molar-refractivity contribution in [2.45, 2.75) is 6.04 Å². The van der Waals surface area contributed by atoms with E-state index in [0.29, 0.717) is 4.48 Å².